The Labute approximate surface area is 290 Å². The molecule has 1 N–H and O–H groups in total. The van der Waals surface area contributed by atoms with Crippen LogP contribution >= 0.6 is 0 Å². The van der Waals surface area contributed by atoms with Crippen LogP contribution in [0.4, 0.5) is 4.79 Å². The maximum atomic E-state index is 12.2. The van der Waals surface area contributed by atoms with Crippen molar-refractivity contribution >= 4 is 6.09 Å². The Bertz CT molecular complexity index is 1250. The average molecular weight is 682 g/mol. The first-order chi connectivity index (χ1) is 24.3. The van der Waals surface area contributed by atoms with Gasteiger partial charge in [-0.3, -0.25) is 0 Å². The average Bonchev–Trinajstić information content (AvgIpc) is 3.46. The van der Waals surface area contributed by atoms with Gasteiger partial charge in [-0.15, -0.1) is 0 Å². The van der Waals surface area contributed by atoms with Crippen molar-refractivity contribution in [1.29, 1.82) is 0 Å². The van der Waals surface area contributed by atoms with E-state index in [1.165, 1.54) is 22.3 Å². The van der Waals surface area contributed by atoms with Gasteiger partial charge in [0.2, 0.25) is 0 Å². The van der Waals surface area contributed by atoms with Crippen LogP contribution < -0.4 is 5.32 Å². The minimum absolute atomic E-state index is 0.0406. The van der Waals surface area contributed by atoms with E-state index in [1.54, 1.807) is 0 Å². The zero-order valence-corrected chi connectivity index (χ0v) is 28.4. The number of carbonyl (C=O) groups is 1. The number of nitrogens with one attached hydrogen (secondary N) is 1. The van der Waals surface area contributed by atoms with Gasteiger partial charge in [-0.2, -0.15) is 0 Å². The van der Waals surface area contributed by atoms with Crippen molar-refractivity contribution in [1.82, 2.24) is 5.32 Å². The smallest absolute Gasteiger partial charge is 0.407 e. The molecule has 11 heteroatoms. The second-order valence-electron chi connectivity index (χ2n) is 11.1. The second kappa shape index (κ2) is 24.7. The van der Waals surface area contributed by atoms with Crippen molar-refractivity contribution in [3.8, 4) is 11.1 Å². The van der Waals surface area contributed by atoms with Crippen LogP contribution in [0.3, 0.4) is 0 Å². The predicted molar refractivity (Wildman–Crippen MR) is 185 cm³/mol. The van der Waals surface area contributed by atoms with Gasteiger partial charge in [0, 0.05) is 12.5 Å². The van der Waals surface area contributed by atoms with Gasteiger partial charge < -0.3 is 47.9 Å². The summed E-state index contributed by atoms with van der Waals surface area (Å²) in [7, 11) is 0. The normalized spacial score (nSPS) is 12.2. The summed E-state index contributed by atoms with van der Waals surface area (Å²) in [4.78, 5) is 12.2. The highest BCUT2D eigenvalue weighted by atomic mass is 16.6. The maximum absolute atomic E-state index is 12.2. The van der Waals surface area contributed by atoms with E-state index < -0.39 is 6.09 Å². The Morgan fingerprint density at radius 2 is 0.857 bits per heavy atom. The van der Waals surface area contributed by atoms with E-state index >= 15 is 0 Å². The van der Waals surface area contributed by atoms with E-state index in [2.05, 4.69) is 29.6 Å². The van der Waals surface area contributed by atoms with Gasteiger partial charge in [0.25, 0.3) is 0 Å². The summed E-state index contributed by atoms with van der Waals surface area (Å²) in [5, 5.41) is 2.74. The molecule has 3 aromatic carbocycles. The van der Waals surface area contributed by atoms with E-state index in [1.807, 2.05) is 54.6 Å². The fraction of sp³-hybridized carbons (Fsp3) is 0.500. The van der Waals surface area contributed by atoms with Gasteiger partial charge in [-0.1, -0.05) is 78.9 Å². The molecule has 0 unspecified atom stereocenters. The molecule has 0 saturated carbocycles. The number of fused-ring (bicyclic) bond motifs is 3. The fourth-order valence-electron chi connectivity index (χ4n) is 5.18. The third-order valence-corrected chi connectivity index (χ3v) is 7.58. The largest absolute Gasteiger partial charge is 0.449 e. The number of alkyl carbamates (subject to hydrolysis) is 1. The molecule has 11 nitrogen and oxygen atoms in total. The molecular formula is C38H51NO10. The lowest BCUT2D eigenvalue weighted by molar-refractivity contribution is -0.0235. The molecule has 0 aliphatic heterocycles. The third-order valence-electron chi connectivity index (χ3n) is 7.58. The van der Waals surface area contributed by atoms with Gasteiger partial charge in [-0.05, 0) is 27.8 Å². The molecule has 0 spiro atoms. The molecule has 0 aromatic heterocycles. The van der Waals surface area contributed by atoms with E-state index in [0.717, 1.165) is 5.56 Å². The van der Waals surface area contributed by atoms with E-state index in [-0.39, 0.29) is 5.92 Å². The van der Waals surface area contributed by atoms with Crippen LogP contribution in [0.5, 0.6) is 0 Å². The molecular weight excluding hydrogens is 630 g/mol. The minimum Gasteiger partial charge on any atom is -0.449 e. The highest BCUT2D eigenvalue weighted by molar-refractivity contribution is 5.79. The molecule has 0 fully saturated rings. The zero-order chi connectivity index (χ0) is 34.0. The number of hydrogen-bond acceptors (Lipinski definition) is 10. The Morgan fingerprint density at radius 3 is 1.33 bits per heavy atom. The van der Waals surface area contributed by atoms with Crippen LogP contribution in [-0.2, 0) is 49.2 Å². The first kappa shape index (κ1) is 38.4. The van der Waals surface area contributed by atoms with Crippen molar-refractivity contribution in [2.75, 3.05) is 112 Å². The van der Waals surface area contributed by atoms with Gasteiger partial charge in [0.1, 0.15) is 6.61 Å². The van der Waals surface area contributed by atoms with Gasteiger partial charge in [-0.25, -0.2) is 4.79 Å². The van der Waals surface area contributed by atoms with Crippen molar-refractivity contribution < 1.29 is 47.4 Å². The second-order valence-corrected chi connectivity index (χ2v) is 11.1. The van der Waals surface area contributed by atoms with Crippen LogP contribution in [-0.4, -0.2) is 118 Å². The summed E-state index contributed by atoms with van der Waals surface area (Å²) < 4.78 is 49.6. The maximum Gasteiger partial charge on any atom is 0.407 e. The first-order valence-electron chi connectivity index (χ1n) is 17.1. The summed E-state index contributed by atoms with van der Waals surface area (Å²) in [6, 6.07) is 26.6. The third kappa shape index (κ3) is 15.4. The molecule has 0 bridgehead atoms. The number of carbonyl (C=O) groups excluding carboxylic acids is 1. The first-order valence-corrected chi connectivity index (χ1v) is 17.1. The van der Waals surface area contributed by atoms with Gasteiger partial charge >= 0.3 is 6.09 Å². The van der Waals surface area contributed by atoms with E-state index in [9.17, 15) is 4.79 Å². The Hall–Kier alpha value is -3.39. The SMILES string of the molecule is O=C(NCCOCCOCCOCCOCCOCCOCCOCCOCc1ccccc1)OCC1c2ccccc2-c2ccccc21. The van der Waals surface area contributed by atoms with Gasteiger partial charge in [0.05, 0.1) is 106 Å². The number of rotatable bonds is 28. The fourth-order valence-corrected chi connectivity index (χ4v) is 5.18. The lowest BCUT2D eigenvalue weighted by atomic mass is 9.98. The molecule has 1 aliphatic carbocycles. The van der Waals surface area contributed by atoms with Crippen molar-refractivity contribution in [3.05, 3.63) is 95.6 Å². The Kier molecular flexibility index (Phi) is 19.4. The van der Waals surface area contributed by atoms with Crippen molar-refractivity contribution in [2.45, 2.75) is 12.5 Å². The molecule has 0 atom stereocenters. The summed E-state index contributed by atoms with van der Waals surface area (Å²) in [6.45, 7) is 8.61. The molecule has 1 aliphatic rings. The quantitative estimate of drug-likeness (QED) is 0.107. The Balaban J connectivity index is 0.824. The summed E-state index contributed by atoms with van der Waals surface area (Å²) in [5.41, 5.74) is 5.94. The van der Waals surface area contributed by atoms with E-state index in [0.29, 0.717) is 119 Å². The Morgan fingerprint density at radius 1 is 0.469 bits per heavy atom. The number of benzene rings is 3. The van der Waals surface area contributed by atoms with Gasteiger partial charge in [0.15, 0.2) is 0 Å². The topological polar surface area (TPSA) is 112 Å². The predicted octanol–water partition coefficient (Wildman–Crippen LogP) is 4.86. The number of hydrogen-bond donors (Lipinski definition) is 1. The van der Waals surface area contributed by atoms with Crippen molar-refractivity contribution in [2.24, 2.45) is 0 Å². The van der Waals surface area contributed by atoms with Crippen LogP contribution in [0.2, 0.25) is 0 Å². The summed E-state index contributed by atoms with van der Waals surface area (Å²) in [6.07, 6.45) is -0.449. The van der Waals surface area contributed by atoms with Crippen molar-refractivity contribution in [3.63, 3.8) is 0 Å². The lowest BCUT2D eigenvalue weighted by Crippen LogP contribution is -2.29. The molecule has 4 rings (SSSR count). The molecule has 0 saturated heterocycles. The van der Waals surface area contributed by atoms with Crippen LogP contribution in [0.25, 0.3) is 11.1 Å². The number of ether oxygens (including phenoxy) is 9. The minimum atomic E-state index is -0.449. The zero-order valence-electron chi connectivity index (χ0n) is 28.4. The lowest BCUT2D eigenvalue weighted by Gasteiger charge is -2.14. The van der Waals surface area contributed by atoms with Crippen LogP contribution in [0, 0.1) is 0 Å². The summed E-state index contributed by atoms with van der Waals surface area (Å²) in [5.74, 6) is 0.0406. The molecule has 49 heavy (non-hydrogen) atoms. The monoisotopic (exact) mass is 681 g/mol. The van der Waals surface area contributed by atoms with Crippen LogP contribution in [0.15, 0.2) is 78.9 Å². The number of amides is 1. The molecule has 268 valence electrons. The molecule has 0 radical (unpaired) electrons. The highest BCUT2D eigenvalue weighted by Gasteiger charge is 2.28. The highest BCUT2D eigenvalue weighted by Crippen LogP contribution is 2.44. The summed E-state index contributed by atoms with van der Waals surface area (Å²) >= 11 is 0. The van der Waals surface area contributed by atoms with Crippen LogP contribution in [0.1, 0.15) is 22.6 Å². The standard InChI is InChI=1S/C38H51NO10/c40-38(49-31-37-35-12-6-4-10-33(35)34-11-5-7-13-36(34)37)39-14-15-41-16-17-42-18-19-43-20-21-44-22-23-45-24-25-46-26-27-47-28-29-48-30-32-8-2-1-3-9-32/h1-13,37H,14-31H2,(H,39,40). The van der Waals surface area contributed by atoms with E-state index in [4.69, 9.17) is 42.6 Å². The molecule has 0 heterocycles. The molecule has 3 aromatic rings. The molecule has 1 amide bonds.